The molecule has 4 nitrogen and oxygen atoms in total. The first-order chi connectivity index (χ1) is 9.20. The zero-order chi connectivity index (χ0) is 15.4. The maximum atomic E-state index is 11.6. The summed E-state index contributed by atoms with van der Waals surface area (Å²) in [5, 5.41) is 4.04. The molecule has 0 bridgehead atoms. The van der Waals surface area contributed by atoms with Crippen molar-refractivity contribution in [1.29, 1.82) is 0 Å². The summed E-state index contributed by atoms with van der Waals surface area (Å²) < 4.78 is 5.05. The average molecular weight is 301 g/mol. The van der Waals surface area contributed by atoms with Crippen LogP contribution in [-0.2, 0) is 9.53 Å². The minimum Gasteiger partial charge on any atom is -0.466 e. The third-order valence-corrected chi connectivity index (χ3v) is 10.7. The third kappa shape index (κ3) is 4.30. The molecule has 1 rings (SSSR count). The molecule has 0 aromatic heterocycles. The summed E-state index contributed by atoms with van der Waals surface area (Å²) in [6.45, 7) is 17.3. The second-order valence-electron chi connectivity index (χ2n) is 7.27. The summed E-state index contributed by atoms with van der Waals surface area (Å²) in [5.74, 6) is 0.373. The predicted octanol–water partition coefficient (Wildman–Crippen LogP) is 2.61. The summed E-state index contributed by atoms with van der Waals surface area (Å²) in [4.78, 5) is 14.1. The molecule has 5 heteroatoms. The van der Waals surface area contributed by atoms with E-state index in [4.69, 9.17) is 4.74 Å². The van der Waals surface area contributed by atoms with Gasteiger partial charge in [-0.2, -0.15) is 0 Å². The topological polar surface area (TPSA) is 41.6 Å². The number of rotatable bonds is 5. The van der Waals surface area contributed by atoms with Crippen LogP contribution >= 0.6 is 0 Å². The maximum Gasteiger partial charge on any atom is 0.307 e. The van der Waals surface area contributed by atoms with E-state index in [0.717, 1.165) is 26.1 Å². The van der Waals surface area contributed by atoms with Gasteiger partial charge in [0.15, 0.2) is 0 Å². The van der Waals surface area contributed by atoms with E-state index in [0.29, 0.717) is 23.9 Å². The summed E-state index contributed by atoms with van der Waals surface area (Å²) in [7, 11) is -1.49. The molecule has 0 radical (unpaired) electrons. The van der Waals surface area contributed by atoms with E-state index in [1.54, 1.807) is 0 Å². The van der Waals surface area contributed by atoms with Crippen LogP contribution in [0.25, 0.3) is 0 Å². The third-order valence-electron chi connectivity index (χ3n) is 4.85. The normalized spacial score (nSPS) is 21.8. The van der Waals surface area contributed by atoms with Crippen LogP contribution in [0.4, 0.5) is 0 Å². The van der Waals surface area contributed by atoms with Crippen molar-refractivity contribution in [3.63, 3.8) is 0 Å². The van der Waals surface area contributed by atoms with E-state index < -0.39 is 8.07 Å². The number of ether oxygens (including phenoxy) is 1. The van der Waals surface area contributed by atoms with Crippen molar-refractivity contribution < 1.29 is 9.53 Å². The van der Waals surface area contributed by atoms with Crippen molar-refractivity contribution in [2.24, 2.45) is 0 Å². The lowest BCUT2D eigenvalue weighted by Gasteiger charge is -2.50. The molecule has 1 atom stereocenters. The van der Waals surface area contributed by atoms with Crippen LogP contribution in [0, 0.1) is 0 Å². The fourth-order valence-corrected chi connectivity index (χ4v) is 5.26. The number of carbonyl (C=O) groups is 1. The standard InChI is InChI=1S/C15H32N2O2Si/c1-7-19-13(18)9-12-17-11-8-10-16-14(17)20(5,6)15(2,3)4/h14,16H,7-12H2,1-6H3. The number of carbonyl (C=O) groups excluding carboxylic acids is 1. The minimum atomic E-state index is -1.49. The molecule has 1 N–H and O–H groups in total. The fourth-order valence-electron chi connectivity index (χ4n) is 2.61. The van der Waals surface area contributed by atoms with Gasteiger partial charge in [-0.05, 0) is 24.9 Å². The first kappa shape index (κ1) is 17.7. The highest BCUT2D eigenvalue weighted by atomic mass is 28.3. The second-order valence-corrected chi connectivity index (χ2v) is 12.8. The number of hydrogen-bond donors (Lipinski definition) is 1. The lowest BCUT2D eigenvalue weighted by Crippen LogP contribution is -2.67. The molecule has 1 saturated heterocycles. The van der Waals surface area contributed by atoms with Gasteiger partial charge in [0.2, 0.25) is 0 Å². The van der Waals surface area contributed by atoms with Crippen LogP contribution < -0.4 is 5.32 Å². The molecule has 0 aromatic carbocycles. The Morgan fingerprint density at radius 3 is 2.60 bits per heavy atom. The van der Waals surface area contributed by atoms with Gasteiger partial charge in [0, 0.05) is 18.9 Å². The van der Waals surface area contributed by atoms with Gasteiger partial charge in [-0.3, -0.25) is 9.69 Å². The lowest BCUT2D eigenvalue weighted by molar-refractivity contribution is -0.143. The molecule has 0 spiro atoms. The van der Waals surface area contributed by atoms with Gasteiger partial charge < -0.3 is 10.1 Å². The van der Waals surface area contributed by atoms with Gasteiger partial charge in [0.05, 0.1) is 21.1 Å². The highest BCUT2D eigenvalue weighted by molar-refractivity contribution is 6.81. The lowest BCUT2D eigenvalue weighted by atomic mass is 10.2. The number of nitrogens with one attached hydrogen (secondary N) is 1. The van der Waals surface area contributed by atoms with Crippen LogP contribution in [0.2, 0.25) is 18.1 Å². The molecular formula is C15H32N2O2Si. The average Bonchev–Trinajstić information content (AvgIpc) is 2.35. The van der Waals surface area contributed by atoms with Gasteiger partial charge in [-0.15, -0.1) is 0 Å². The highest BCUT2D eigenvalue weighted by Gasteiger charge is 2.45. The second kappa shape index (κ2) is 7.05. The molecule has 1 aliphatic rings. The van der Waals surface area contributed by atoms with Crippen molar-refractivity contribution in [3.8, 4) is 0 Å². The Bertz CT molecular complexity index is 326. The molecule has 1 unspecified atom stereocenters. The monoisotopic (exact) mass is 300 g/mol. The van der Waals surface area contributed by atoms with Crippen molar-refractivity contribution >= 4 is 14.0 Å². The first-order valence-electron chi connectivity index (χ1n) is 7.83. The Hall–Kier alpha value is -0.393. The Kier molecular flexibility index (Phi) is 6.22. The number of hydrogen-bond acceptors (Lipinski definition) is 4. The van der Waals surface area contributed by atoms with Gasteiger partial charge >= 0.3 is 5.97 Å². The Morgan fingerprint density at radius 2 is 2.05 bits per heavy atom. The van der Waals surface area contributed by atoms with Crippen molar-refractivity contribution in [3.05, 3.63) is 0 Å². The zero-order valence-corrected chi connectivity index (χ0v) is 15.1. The van der Waals surface area contributed by atoms with Gasteiger partial charge in [0.25, 0.3) is 0 Å². The fraction of sp³-hybridized carbons (Fsp3) is 0.933. The van der Waals surface area contributed by atoms with E-state index in [9.17, 15) is 4.79 Å². The molecule has 20 heavy (non-hydrogen) atoms. The van der Waals surface area contributed by atoms with Gasteiger partial charge in [0.1, 0.15) is 0 Å². The molecular weight excluding hydrogens is 268 g/mol. The molecule has 0 saturated carbocycles. The zero-order valence-electron chi connectivity index (χ0n) is 14.1. The van der Waals surface area contributed by atoms with Gasteiger partial charge in [-0.25, -0.2) is 0 Å². The first-order valence-corrected chi connectivity index (χ1v) is 10.9. The Morgan fingerprint density at radius 1 is 1.40 bits per heavy atom. The minimum absolute atomic E-state index is 0.0768. The molecule has 1 aliphatic heterocycles. The van der Waals surface area contributed by atoms with E-state index in [1.807, 2.05) is 6.92 Å². The highest BCUT2D eigenvalue weighted by Crippen LogP contribution is 2.39. The summed E-state index contributed by atoms with van der Waals surface area (Å²) in [6, 6.07) is 0. The van der Waals surface area contributed by atoms with Crippen LogP contribution in [0.5, 0.6) is 0 Å². The summed E-state index contributed by atoms with van der Waals surface area (Å²) in [5.41, 5.74) is 0. The summed E-state index contributed by atoms with van der Waals surface area (Å²) in [6.07, 6.45) is 1.66. The van der Waals surface area contributed by atoms with Crippen LogP contribution in [0.3, 0.4) is 0 Å². The quantitative estimate of drug-likeness (QED) is 0.626. The van der Waals surface area contributed by atoms with E-state index in [1.165, 1.54) is 0 Å². The van der Waals surface area contributed by atoms with Crippen LogP contribution in [0.15, 0.2) is 0 Å². The smallest absolute Gasteiger partial charge is 0.307 e. The summed E-state index contributed by atoms with van der Waals surface area (Å²) >= 11 is 0. The molecule has 1 heterocycles. The largest absolute Gasteiger partial charge is 0.466 e. The van der Waals surface area contributed by atoms with Crippen molar-refractivity contribution in [2.75, 3.05) is 26.2 Å². The van der Waals surface area contributed by atoms with Crippen molar-refractivity contribution in [2.45, 2.75) is 64.5 Å². The Balaban J connectivity index is 2.70. The van der Waals surface area contributed by atoms with E-state index in [-0.39, 0.29) is 5.97 Å². The van der Waals surface area contributed by atoms with Crippen LogP contribution in [0.1, 0.15) is 40.5 Å². The Labute approximate surface area is 125 Å². The predicted molar refractivity (Wildman–Crippen MR) is 86.4 cm³/mol. The molecule has 1 fully saturated rings. The van der Waals surface area contributed by atoms with E-state index >= 15 is 0 Å². The number of esters is 1. The molecule has 118 valence electrons. The molecule has 0 aromatic rings. The molecule has 0 amide bonds. The maximum absolute atomic E-state index is 11.6. The van der Waals surface area contributed by atoms with Gasteiger partial charge in [-0.1, -0.05) is 33.9 Å². The number of nitrogens with zero attached hydrogens (tertiary/aromatic N) is 1. The SMILES string of the molecule is CCOC(=O)CCN1CCCNC1[Si](C)(C)C(C)(C)C. The molecule has 0 aliphatic carbocycles. The van der Waals surface area contributed by atoms with Crippen molar-refractivity contribution in [1.82, 2.24) is 10.2 Å². The van der Waals surface area contributed by atoms with E-state index in [2.05, 4.69) is 44.1 Å². The van der Waals surface area contributed by atoms with Crippen LogP contribution in [-0.4, -0.2) is 51.0 Å².